The number of hydrogen-bond acceptors (Lipinski definition) is 5. The molecule has 6 heteroatoms. The Bertz CT molecular complexity index is 486. The van der Waals surface area contributed by atoms with Crippen LogP contribution in [0.2, 0.25) is 0 Å². The van der Waals surface area contributed by atoms with Crippen LogP contribution in [0.25, 0.3) is 0 Å². The molecule has 0 aromatic heterocycles. The van der Waals surface area contributed by atoms with Gasteiger partial charge in [-0.3, -0.25) is 0 Å². The van der Waals surface area contributed by atoms with Gasteiger partial charge >= 0.3 is 0 Å². The minimum Gasteiger partial charge on any atom is -0.491 e. The number of nitrogens with two attached hydrogens (primary N) is 1. The second-order valence-electron chi connectivity index (χ2n) is 3.99. The summed E-state index contributed by atoms with van der Waals surface area (Å²) < 4.78 is 27.6. The molecule has 1 aromatic rings. The van der Waals surface area contributed by atoms with Gasteiger partial charge in [0.1, 0.15) is 15.6 Å². The largest absolute Gasteiger partial charge is 0.491 e. The van der Waals surface area contributed by atoms with Gasteiger partial charge in [-0.05, 0) is 18.6 Å². The number of benzene rings is 1. The van der Waals surface area contributed by atoms with Crippen LogP contribution in [0.4, 0.5) is 5.69 Å². The maximum Gasteiger partial charge on any atom is 0.148 e. The lowest BCUT2D eigenvalue weighted by atomic mass is 10.3. The fourth-order valence-electron chi connectivity index (χ4n) is 1.29. The summed E-state index contributed by atoms with van der Waals surface area (Å²) in [7, 11) is -2.92. The van der Waals surface area contributed by atoms with E-state index in [-0.39, 0.29) is 5.75 Å². The lowest BCUT2D eigenvalue weighted by molar-refractivity contribution is 0.318. The molecule has 0 fully saturated rings. The van der Waals surface area contributed by atoms with E-state index in [1.54, 1.807) is 0 Å². The Kier molecular flexibility index (Phi) is 5.81. The SMILES string of the molecule is CCCOc1cccc(SCCS(C)(=O)=O)c1N. The molecule has 0 saturated heterocycles. The van der Waals surface area contributed by atoms with Crippen LogP contribution >= 0.6 is 11.8 Å². The third kappa shape index (κ3) is 5.18. The van der Waals surface area contributed by atoms with Crippen molar-refractivity contribution in [1.29, 1.82) is 0 Å². The zero-order chi connectivity index (χ0) is 13.6. The van der Waals surface area contributed by atoms with E-state index in [1.807, 2.05) is 25.1 Å². The van der Waals surface area contributed by atoms with Gasteiger partial charge in [-0.1, -0.05) is 13.0 Å². The molecule has 0 bridgehead atoms. The molecular formula is C12H19NO3S2. The molecular weight excluding hydrogens is 270 g/mol. The van der Waals surface area contributed by atoms with Crippen molar-refractivity contribution in [3.8, 4) is 5.75 Å². The average Bonchev–Trinajstić information content (AvgIpc) is 2.28. The first kappa shape index (κ1) is 15.2. The predicted octanol–water partition coefficient (Wildman–Crippen LogP) is 2.19. The van der Waals surface area contributed by atoms with Crippen molar-refractivity contribution in [1.82, 2.24) is 0 Å². The van der Waals surface area contributed by atoms with Crippen LogP contribution in [0.15, 0.2) is 23.1 Å². The first-order chi connectivity index (χ1) is 8.44. The van der Waals surface area contributed by atoms with Gasteiger partial charge in [0.2, 0.25) is 0 Å². The molecule has 0 radical (unpaired) electrons. The van der Waals surface area contributed by atoms with Gasteiger partial charge < -0.3 is 10.5 Å². The summed E-state index contributed by atoms with van der Waals surface area (Å²) >= 11 is 1.44. The van der Waals surface area contributed by atoms with Gasteiger partial charge in [-0.15, -0.1) is 11.8 Å². The number of rotatable bonds is 7. The Morgan fingerprint density at radius 2 is 2.11 bits per heavy atom. The smallest absolute Gasteiger partial charge is 0.148 e. The Hall–Kier alpha value is -0.880. The van der Waals surface area contributed by atoms with E-state index in [0.717, 1.165) is 11.3 Å². The topological polar surface area (TPSA) is 69.4 Å². The molecule has 0 aliphatic rings. The van der Waals surface area contributed by atoms with Crippen LogP contribution in [0.1, 0.15) is 13.3 Å². The summed E-state index contributed by atoms with van der Waals surface area (Å²) in [5, 5.41) is 0. The quantitative estimate of drug-likeness (QED) is 0.615. The average molecular weight is 289 g/mol. The van der Waals surface area contributed by atoms with Crippen molar-refractivity contribution in [3.05, 3.63) is 18.2 Å². The second kappa shape index (κ2) is 6.89. The molecule has 0 heterocycles. The molecule has 0 saturated carbocycles. The van der Waals surface area contributed by atoms with Crippen LogP contribution in [-0.2, 0) is 9.84 Å². The summed E-state index contributed by atoms with van der Waals surface area (Å²) in [6.07, 6.45) is 2.16. The highest BCUT2D eigenvalue weighted by Crippen LogP contribution is 2.32. The first-order valence-electron chi connectivity index (χ1n) is 5.76. The molecule has 0 aliphatic heterocycles. The normalized spacial score (nSPS) is 11.4. The third-order valence-corrected chi connectivity index (χ3v) is 4.48. The van der Waals surface area contributed by atoms with Crippen molar-refractivity contribution < 1.29 is 13.2 Å². The minimum absolute atomic E-state index is 0.150. The molecule has 18 heavy (non-hydrogen) atoms. The Morgan fingerprint density at radius 3 is 2.72 bits per heavy atom. The zero-order valence-electron chi connectivity index (χ0n) is 10.7. The lowest BCUT2D eigenvalue weighted by Crippen LogP contribution is -2.05. The maximum atomic E-state index is 11.0. The first-order valence-corrected chi connectivity index (χ1v) is 8.80. The van der Waals surface area contributed by atoms with Crippen LogP contribution in [0, 0.1) is 0 Å². The maximum absolute atomic E-state index is 11.0. The molecule has 0 unspecified atom stereocenters. The lowest BCUT2D eigenvalue weighted by Gasteiger charge is -2.11. The molecule has 0 spiro atoms. The number of para-hydroxylation sites is 1. The Labute approximate surface area is 113 Å². The van der Waals surface area contributed by atoms with Crippen LogP contribution in [-0.4, -0.2) is 32.8 Å². The van der Waals surface area contributed by atoms with E-state index in [9.17, 15) is 8.42 Å². The van der Waals surface area contributed by atoms with Crippen LogP contribution in [0.5, 0.6) is 5.75 Å². The highest BCUT2D eigenvalue weighted by Gasteiger charge is 2.08. The highest BCUT2D eigenvalue weighted by molar-refractivity contribution is 8.00. The number of ether oxygens (including phenoxy) is 1. The Morgan fingerprint density at radius 1 is 1.39 bits per heavy atom. The van der Waals surface area contributed by atoms with Gasteiger partial charge in [0, 0.05) is 16.9 Å². The number of hydrogen-bond donors (Lipinski definition) is 1. The summed E-state index contributed by atoms with van der Waals surface area (Å²) in [5.41, 5.74) is 6.57. The molecule has 2 N–H and O–H groups in total. The predicted molar refractivity (Wildman–Crippen MR) is 77.1 cm³/mol. The Balaban J connectivity index is 2.66. The minimum atomic E-state index is -2.92. The molecule has 4 nitrogen and oxygen atoms in total. The summed E-state index contributed by atoms with van der Waals surface area (Å²) in [6, 6.07) is 5.57. The summed E-state index contributed by atoms with van der Waals surface area (Å²) in [5.74, 6) is 1.32. The van der Waals surface area contributed by atoms with Gasteiger partial charge in [-0.25, -0.2) is 8.42 Å². The molecule has 102 valence electrons. The number of anilines is 1. The standard InChI is InChI=1S/C12H19NO3S2/c1-3-7-16-10-5-4-6-11(12(10)13)17-8-9-18(2,14)15/h4-6H,3,7-9,13H2,1-2H3. The number of nitrogen functional groups attached to an aromatic ring is 1. The summed E-state index contributed by atoms with van der Waals surface area (Å²) in [6.45, 7) is 2.66. The summed E-state index contributed by atoms with van der Waals surface area (Å²) in [4.78, 5) is 0.868. The number of sulfone groups is 1. The molecule has 0 amide bonds. The molecule has 1 rings (SSSR count). The van der Waals surface area contributed by atoms with Gasteiger partial charge in [0.05, 0.1) is 18.0 Å². The van der Waals surface area contributed by atoms with Gasteiger partial charge in [0.15, 0.2) is 0 Å². The molecule has 0 atom stereocenters. The zero-order valence-corrected chi connectivity index (χ0v) is 12.3. The van der Waals surface area contributed by atoms with Gasteiger partial charge in [0.25, 0.3) is 0 Å². The van der Waals surface area contributed by atoms with Crippen molar-refractivity contribution in [2.24, 2.45) is 0 Å². The number of thioether (sulfide) groups is 1. The van der Waals surface area contributed by atoms with Crippen molar-refractivity contribution in [2.75, 3.05) is 30.1 Å². The van der Waals surface area contributed by atoms with E-state index < -0.39 is 9.84 Å². The van der Waals surface area contributed by atoms with Crippen LogP contribution < -0.4 is 10.5 Å². The molecule has 1 aromatic carbocycles. The second-order valence-corrected chi connectivity index (χ2v) is 7.39. The fraction of sp³-hybridized carbons (Fsp3) is 0.500. The van der Waals surface area contributed by atoms with E-state index >= 15 is 0 Å². The van der Waals surface area contributed by atoms with Crippen molar-refractivity contribution in [2.45, 2.75) is 18.2 Å². The highest BCUT2D eigenvalue weighted by atomic mass is 32.2. The monoisotopic (exact) mass is 289 g/mol. The van der Waals surface area contributed by atoms with Crippen LogP contribution in [0.3, 0.4) is 0 Å². The van der Waals surface area contributed by atoms with Crippen molar-refractivity contribution >= 4 is 27.3 Å². The fourth-order valence-corrected chi connectivity index (χ4v) is 3.49. The van der Waals surface area contributed by atoms with Gasteiger partial charge in [-0.2, -0.15) is 0 Å². The van der Waals surface area contributed by atoms with Crippen molar-refractivity contribution in [3.63, 3.8) is 0 Å². The van der Waals surface area contributed by atoms with E-state index in [0.29, 0.717) is 23.8 Å². The molecule has 0 aliphatic carbocycles. The van der Waals surface area contributed by atoms with E-state index in [1.165, 1.54) is 18.0 Å². The van der Waals surface area contributed by atoms with E-state index in [4.69, 9.17) is 10.5 Å². The van der Waals surface area contributed by atoms with E-state index in [2.05, 4.69) is 0 Å². The third-order valence-electron chi connectivity index (χ3n) is 2.20.